The number of rotatable bonds is 3. The minimum absolute atomic E-state index is 0.201. The van der Waals surface area contributed by atoms with Crippen LogP contribution in [-0.2, 0) is 16.4 Å². The molecule has 25 heavy (non-hydrogen) atoms. The summed E-state index contributed by atoms with van der Waals surface area (Å²) in [5.41, 5.74) is 1.19. The molecule has 134 valence electrons. The molecule has 2 atom stereocenters. The lowest BCUT2D eigenvalue weighted by Gasteiger charge is -2.27. The van der Waals surface area contributed by atoms with Gasteiger partial charge in [0, 0.05) is 23.5 Å². The summed E-state index contributed by atoms with van der Waals surface area (Å²) in [6, 6.07) is 5.28. The number of likely N-dealkylation sites (N-methyl/N-ethyl adjacent to an activating group) is 1. The van der Waals surface area contributed by atoms with Crippen molar-refractivity contribution in [2.75, 3.05) is 7.05 Å². The van der Waals surface area contributed by atoms with Crippen LogP contribution < -0.4 is 0 Å². The van der Waals surface area contributed by atoms with Gasteiger partial charge in [-0.05, 0) is 41.5 Å². The fourth-order valence-electron chi connectivity index (χ4n) is 3.06. The van der Waals surface area contributed by atoms with Crippen molar-refractivity contribution in [3.63, 3.8) is 0 Å². The van der Waals surface area contributed by atoms with Crippen molar-refractivity contribution in [3.05, 3.63) is 62.3 Å². The van der Waals surface area contributed by atoms with E-state index in [4.69, 9.17) is 34.8 Å². The Kier molecular flexibility index (Phi) is 5.05. The first kappa shape index (κ1) is 18.9. The molecule has 0 saturated heterocycles. The molecule has 4 nitrogen and oxygen atoms in total. The maximum Gasteiger partial charge on any atom is 0.244 e. The van der Waals surface area contributed by atoms with Gasteiger partial charge in [0.2, 0.25) is 10.0 Å². The fourth-order valence-corrected chi connectivity index (χ4v) is 5.51. The van der Waals surface area contributed by atoms with E-state index in [0.717, 1.165) is 22.5 Å². The number of hydrogen-bond acceptors (Lipinski definition) is 3. The summed E-state index contributed by atoms with van der Waals surface area (Å²) in [5.74, 6) is -0.642. The zero-order valence-corrected chi connectivity index (χ0v) is 16.0. The van der Waals surface area contributed by atoms with Gasteiger partial charge in [-0.3, -0.25) is 0 Å². The molecule has 1 aliphatic carbocycles. The standard InChI is InChI=1S/C16H13Cl3FNO3S/c1-21(25(23,24)15-3-2-9(20)6-13(15)19)16-11-4-8(17)5-12(18)10(11)7-14(16)22/h2-6,14,16,22H,7H2,1H3/t14-,16+/m0/s1. The molecule has 0 aromatic heterocycles. The lowest BCUT2D eigenvalue weighted by atomic mass is 10.1. The fraction of sp³-hybridized carbons (Fsp3) is 0.250. The third-order valence-electron chi connectivity index (χ3n) is 4.23. The largest absolute Gasteiger partial charge is 0.391 e. The molecule has 0 unspecified atom stereocenters. The van der Waals surface area contributed by atoms with E-state index in [1.165, 1.54) is 7.05 Å². The molecule has 0 amide bonds. The predicted molar refractivity (Wildman–Crippen MR) is 95.3 cm³/mol. The van der Waals surface area contributed by atoms with Crippen LogP contribution in [-0.4, -0.2) is 31.0 Å². The summed E-state index contributed by atoms with van der Waals surface area (Å²) >= 11 is 18.1. The van der Waals surface area contributed by atoms with Gasteiger partial charge in [0.15, 0.2) is 0 Å². The highest BCUT2D eigenvalue weighted by Crippen LogP contribution is 2.42. The molecule has 0 saturated carbocycles. The van der Waals surface area contributed by atoms with Gasteiger partial charge in [-0.2, -0.15) is 4.31 Å². The molecule has 9 heteroatoms. The summed E-state index contributed by atoms with van der Waals surface area (Å²) in [6.45, 7) is 0. The second-order valence-corrected chi connectivity index (χ2v) is 8.98. The van der Waals surface area contributed by atoms with E-state index in [2.05, 4.69) is 0 Å². The molecule has 3 rings (SSSR count). The monoisotopic (exact) mass is 423 g/mol. The molecule has 0 bridgehead atoms. The Morgan fingerprint density at radius 2 is 1.84 bits per heavy atom. The Morgan fingerprint density at radius 3 is 2.48 bits per heavy atom. The molecule has 0 fully saturated rings. The highest BCUT2D eigenvalue weighted by molar-refractivity contribution is 7.89. The number of fused-ring (bicyclic) bond motifs is 1. The molecule has 0 radical (unpaired) electrons. The van der Waals surface area contributed by atoms with Crippen LogP contribution in [0.3, 0.4) is 0 Å². The van der Waals surface area contributed by atoms with E-state index < -0.39 is 28.0 Å². The van der Waals surface area contributed by atoms with Crippen LogP contribution in [0.1, 0.15) is 17.2 Å². The number of halogens is 4. The first-order chi connectivity index (χ1) is 11.6. The van der Waals surface area contributed by atoms with Gasteiger partial charge in [-0.1, -0.05) is 34.8 Å². The zero-order valence-electron chi connectivity index (χ0n) is 12.9. The van der Waals surface area contributed by atoms with Gasteiger partial charge < -0.3 is 5.11 Å². The molecular formula is C16H13Cl3FNO3S. The number of benzene rings is 2. The van der Waals surface area contributed by atoms with E-state index >= 15 is 0 Å². The van der Waals surface area contributed by atoms with Gasteiger partial charge in [0.1, 0.15) is 10.7 Å². The Balaban J connectivity index is 2.08. The van der Waals surface area contributed by atoms with Crippen molar-refractivity contribution in [2.24, 2.45) is 0 Å². The molecule has 1 N–H and O–H groups in total. The normalized spacial score (nSPS) is 20.1. The number of sulfonamides is 1. The van der Waals surface area contributed by atoms with Crippen LogP contribution in [0.2, 0.25) is 15.1 Å². The third kappa shape index (κ3) is 3.27. The molecular weight excluding hydrogens is 412 g/mol. The van der Waals surface area contributed by atoms with Crippen molar-refractivity contribution < 1.29 is 17.9 Å². The van der Waals surface area contributed by atoms with E-state index in [9.17, 15) is 17.9 Å². The maximum atomic E-state index is 13.2. The summed E-state index contributed by atoms with van der Waals surface area (Å²) in [4.78, 5) is -0.244. The summed E-state index contributed by atoms with van der Waals surface area (Å²) in [6.07, 6.45) is -0.794. The number of aliphatic hydroxyl groups excluding tert-OH is 1. The average Bonchev–Trinajstić information content (AvgIpc) is 2.82. The van der Waals surface area contributed by atoms with Crippen molar-refractivity contribution >= 4 is 44.8 Å². The van der Waals surface area contributed by atoms with Crippen LogP contribution in [0.4, 0.5) is 4.39 Å². The molecule has 1 aliphatic rings. The van der Waals surface area contributed by atoms with Crippen molar-refractivity contribution in [1.82, 2.24) is 4.31 Å². The molecule has 2 aromatic rings. The van der Waals surface area contributed by atoms with Crippen molar-refractivity contribution in [2.45, 2.75) is 23.5 Å². The van der Waals surface area contributed by atoms with Gasteiger partial charge in [0.25, 0.3) is 0 Å². The van der Waals surface area contributed by atoms with E-state index in [1.807, 2.05) is 0 Å². The van der Waals surface area contributed by atoms with Gasteiger partial charge in [0.05, 0.1) is 17.2 Å². The van der Waals surface area contributed by atoms with E-state index in [-0.39, 0.29) is 16.3 Å². The van der Waals surface area contributed by atoms with Gasteiger partial charge in [-0.15, -0.1) is 0 Å². The lowest BCUT2D eigenvalue weighted by Crippen LogP contribution is -2.36. The quantitative estimate of drug-likeness (QED) is 0.808. The summed E-state index contributed by atoms with van der Waals surface area (Å²) < 4.78 is 40.1. The SMILES string of the molecule is CN([C@@H]1c2cc(Cl)cc(Cl)c2C[C@@H]1O)S(=O)(=O)c1ccc(F)cc1Cl. The Morgan fingerprint density at radius 1 is 1.16 bits per heavy atom. The van der Waals surface area contributed by atoms with Crippen molar-refractivity contribution in [3.8, 4) is 0 Å². The van der Waals surface area contributed by atoms with Crippen molar-refractivity contribution in [1.29, 1.82) is 0 Å². The van der Waals surface area contributed by atoms with Gasteiger partial charge >= 0.3 is 0 Å². The Hall–Kier alpha value is -0.890. The molecule has 0 spiro atoms. The second kappa shape index (κ2) is 6.68. The van der Waals surface area contributed by atoms with E-state index in [1.54, 1.807) is 12.1 Å². The number of nitrogens with zero attached hydrogens (tertiary/aromatic N) is 1. The van der Waals surface area contributed by atoms with Crippen LogP contribution in [0.25, 0.3) is 0 Å². The molecule has 0 heterocycles. The van der Waals surface area contributed by atoms with Gasteiger partial charge in [-0.25, -0.2) is 12.8 Å². The molecule has 2 aromatic carbocycles. The van der Waals surface area contributed by atoms with Crippen LogP contribution in [0, 0.1) is 5.82 Å². The highest BCUT2D eigenvalue weighted by atomic mass is 35.5. The number of hydrogen-bond donors (Lipinski definition) is 1. The van der Waals surface area contributed by atoms with Crippen LogP contribution >= 0.6 is 34.8 Å². The molecule has 0 aliphatic heterocycles. The second-order valence-electron chi connectivity index (χ2n) is 5.77. The van der Waals surface area contributed by atoms with Crippen LogP contribution in [0.15, 0.2) is 35.2 Å². The minimum atomic E-state index is -4.08. The maximum absolute atomic E-state index is 13.2. The Bertz CT molecular complexity index is 952. The first-order valence-corrected chi connectivity index (χ1v) is 9.79. The number of aliphatic hydroxyl groups is 1. The lowest BCUT2D eigenvalue weighted by molar-refractivity contribution is 0.113. The van der Waals surface area contributed by atoms with E-state index in [0.29, 0.717) is 21.2 Å². The minimum Gasteiger partial charge on any atom is -0.391 e. The Labute approximate surface area is 159 Å². The topological polar surface area (TPSA) is 57.6 Å². The third-order valence-corrected chi connectivity index (χ3v) is 7.11. The first-order valence-electron chi connectivity index (χ1n) is 7.22. The smallest absolute Gasteiger partial charge is 0.244 e. The van der Waals surface area contributed by atoms with Crippen LogP contribution in [0.5, 0.6) is 0 Å². The average molecular weight is 425 g/mol. The summed E-state index contributed by atoms with van der Waals surface area (Å²) in [5, 5.41) is 10.9. The summed E-state index contributed by atoms with van der Waals surface area (Å²) in [7, 11) is -2.76. The highest BCUT2D eigenvalue weighted by Gasteiger charge is 2.41. The predicted octanol–water partition coefficient (Wildman–Crippen LogP) is 4.06. The zero-order chi connectivity index (χ0) is 18.5.